The topological polar surface area (TPSA) is 64.4 Å². The van der Waals surface area contributed by atoms with Crippen LogP contribution in [-0.2, 0) is 11.3 Å². The number of nitrogens with two attached hydrogens (primary N) is 1. The molecule has 1 aromatic carbocycles. The molecule has 1 atom stereocenters. The third-order valence-corrected chi connectivity index (χ3v) is 2.87. The minimum atomic E-state index is -0.483. The van der Waals surface area contributed by atoms with E-state index in [4.69, 9.17) is 22.1 Å². The summed E-state index contributed by atoms with van der Waals surface area (Å²) in [6.45, 7) is 2.18. The van der Waals surface area contributed by atoms with Crippen LogP contribution in [0.4, 0.5) is 0 Å². The number of ether oxygens (including phenoxy) is 1. The van der Waals surface area contributed by atoms with Crippen molar-refractivity contribution in [3.63, 3.8) is 0 Å². The highest BCUT2D eigenvalue weighted by atomic mass is 35.5. The van der Waals surface area contributed by atoms with Crippen molar-refractivity contribution >= 4 is 17.5 Å². The van der Waals surface area contributed by atoms with Gasteiger partial charge in [0.25, 0.3) is 0 Å². The second-order valence-electron chi connectivity index (χ2n) is 3.65. The number of halogens is 1. The molecule has 1 aromatic rings. The normalized spacial score (nSPS) is 12.0. The second kappa shape index (κ2) is 6.47. The fraction of sp³-hybridized carbons (Fsp3) is 0.417. The van der Waals surface area contributed by atoms with Gasteiger partial charge in [-0.2, -0.15) is 0 Å². The molecule has 0 saturated heterocycles. The lowest BCUT2D eigenvalue weighted by Crippen LogP contribution is -2.39. The Kier molecular flexibility index (Phi) is 5.25. The first-order valence-electron chi connectivity index (χ1n) is 5.44. The highest BCUT2D eigenvalue weighted by Gasteiger charge is 2.13. The number of hydrogen-bond acceptors (Lipinski definition) is 3. The summed E-state index contributed by atoms with van der Waals surface area (Å²) in [5.74, 6) is 0.470. The Hall–Kier alpha value is -1.26. The molecule has 0 heterocycles. The summed E-state index contributed by atoms with van der Waals surface area (Å²) in [7, 11) is 1.56. The maximum Gasteiger partial charge on any atom is 0.237 e. The molecule has 0 fully saturated rings. The molecule has 0 aliphatic rings. The van der Waals surface area contributed by atoms with Gasteiger partial charge >= 0.3 is 0 Å². The van der Waals surface area contributed by atoms with Crippen LogP contribution in [0.2, 0.25) is 5.02 Å². The quantitative estimate of drug-likeness (QED) is 0.843. The fourth-order valence-corrected chi connectivity index (χ4v) is 1.63. The number of methoxy groups -OCH3 is 1. The molecule has 1 rings (SSSR count). The van der Waals surface area contributed by atoms with Gasteiger partial charge in [0.1, 0.15) is 5.75 Å². The van der Waals surface area contributed by atoms with E-state index in [1.165, 1.54) is 0 Å². The summed E-state index contributed by atoms with van der Waals surface area (Å²) in [6, 6.07) is 4.87. The Bertz CT molecular complexity index is 396. The smallest absolute Gasteiger partial charge is 0.237 e. The molecule has 5 heteroatoms. The van der Waals surface area contributed by atoms with E-state index in [1.807, 2.05) is 6.92 Å². The average molecular weight is 257 g/mol. The summed E-state index contributed by atoms with van der Waals surface area (Å²) in [5.41, 5.74) is 6.37. The van der Waals surface area contributed by atoms with Crippen molar-refractivity contribution in [3.05, 3.63) is 28.8 Å². The van der Waals surface area contributed by atoms with Gasteiger partial charge in [0.05, 0.1) is 13.2 Å². The van der Waals surface area contributed by atoms with Crippen LogP contribution in [0.1, 0.15) is 18.9 Å². The molecular weight excluding hydrogens is 240 g/mol. The van der Waals surface area contributed by atoms with Crippen LogP contribution in [0.25, 0.3) is 0 Å². The number of carbonyl (C=O) groups excluding carboxylic acids is 1. The number of amides is 1. The second-order valence-corrected chi connectivity index (χ2v) is 4.06. The summed E-state index contributed by atoms with van der Waals surface area (Å²) < 4.78 is 5.18. The number of benzene rings is 1. The van der Waals surface area contributed by atoms with Gasteiger partial charge < -0.3 is 15.8 Å². The van der Waals surface area contributed by atoms with Gasteiger partial charge in [-0.1, -0.05) is 24.6 Å². The van der Waals surface area contributed by atoms with Gasteiger partial charge in [0, 0.05) is 17.1 Å². The van der Waals surface area contributed by atoms with Crippen LogP contribution in [0, 0.1) is 0 Å². The van der Waals surface area contributed by atoms with E-state index in [-0.39, 0.29) is 5.91 Å². The van der Waals surface area contributed by atoms with Gasteiger partial charge in [-0.3, -0.25) is 4.79 Å². The Morgan fingerprint density at radius 2 is 2.29 bits per heavy atom. The SMILES string of the molecule is CCC(N)C(=O)NCc1c(Cl)cccc1OC. The fourth-order valence-electron chi connectivity index (χ4n) is 1.39. The summed E-state index contributed by atoms with van der Waals surface area (Å²) >= 11 is 6.04. The molecular formula is C12H17ClN2O2. The minimum Gasteiger partial charge on any atom is -0.496 e. The largest absolute Gasteiger partial charge is 0.496 e. The number of rotatable bonds is 5. The van der Waals surface area contributed by atoms with Crippen molar-refractivity contribution in [3.8, 4) is 5.75 Å². The van der Waals surface area contributed by atoms with Crippen molar-refractivity contribution in [2.45, 2.75) is 25.9 Å². The standard InChI is InChI=1S/C12H17ClN2O2/c1-3-10(14)12(16)15-7-8-9(13)5-4-6-11(8)17-2/h4-6,10H,3,7,14H2,1-2H3,(H,15,16). The van der Waals surface area contributed by atoms with Crippen LogP contribution in [0.5, 0.6) is 5.75 Å². The average Bonchev–Trinajstić information content (AvgIpc) is 2.35. The zero-order valence-corrected chi connectivity index (χ0v) is 10.8. The lowest BCUT2D eigenvalue weighted by atomic mass is 10.2. The molecule has 4 nitrogen and oxygen atoms in total. The third kappa shape index (κ3) is 3.61. The first-order chi connectivity index (χ1) is 8.10. The molecule has 17 heavy (non-hydrogen) atoms. The van der Waals surface area contributed by atoms with Crippen molar-refractivity contribution in [1.82, 2.24) is 5.32 Å². The lowest BCUT2D eigenvalue weighted by Gasteiger charge is -2.13. The van der Waals surface area contributed by atoms with Crippen molar-refractivity contribution in [2.24, 2.45) is 5.73 Å². The molecule has 0 aliphatic carbocycles. The monoisotopic (exact) mass is 256 g/mol. The first-order valence-corrected chi connectivity index (χ1v) is 5.82. The van der Waals surface area contributed by atoms with E-state index in [1.54, 1.807) is 25.3 Å². The van der Waals surface area contributed by atoms with E-state index >= 15 is 0 Å². The van der Waals surface area contributed by atoms with E-state index in [9.17, 15) is 4.79 Å². The zero-order valence-electron chi connectivity index (χ0n) is 10.00. The van der Waals surface area contributed by atoms with Crippen LogP contribution < -0.4 is 15.8 Å². The molecule has 94 valence electrons. The van der Waals surface area contributed by atoms with Crippen molar-refractivity contribution in [1.29, 1.82) is 0 Å². The van der Waals surface area contributed by atoms with Crippen LogP contribution in [0.15, 0.2) is 18.2 Å². The molecule has 1 amide bonds. The van der Waals surface area contributed by atoms with Crippen molar-refractivity contribution in [2.75, 3.05) is 7.11 Å². The molecule has 3 N–H and O–H groups in total. The maximum atomic E-state index is 11.5. The van der Waals surface area contributed by atoms with E-state index < -0.39 is 6.04 Å². The number of carbonyl (C=O) groups is 1. The number of nitrogens with one attached hydrogen (secondary N) is 1. The predicted octanol–water partition coefficient (Wildman–Crippen LogP) is 1.70. The zero-order chi connectivity index (χ0) is 12.8. The maximum absolute atomic E-state index is 11.5. The molecule has 0 bridgehead atoms. The summed E-state index contributed by atoms with van der Waals surface area (Å²) in [5, 5.41) is 3.30. The van der Waals surface area contributed by atoms with E-state index in [0.717, 1.165) is 5.56 Å². The highest BCUT2D eigenvalue weighted by Crippen LogP contribution is 2.25. The molecule has 1 unspecified atom stereocenters. The van der Waals surface area contributed by atoms with E-state index in [2.05, 4.69) is 5.32 Å². The molecule has 0 spiro atoms. The lowest BCUT2D eigenvalue weighted by molar-refractivity contribution is -0.122. The molecule has 0 radical (unpaired) electrons. The molecule has 0 aliphatic heterocycles. The van der Waals surface area contributed by atoms with E-state index in [0.29, 0.717) is 23.7 Å². The first kappa shape index (κ1) is 13.8. The van der Waals surface area contributed by atoms with Crippen molar-refractivity contribution < 1.29 is 9.53 Å². The van der Waals surface area contributed by atoms with Gasteiger partial charge in [-0.05, 0) is 18.6 Å². The van der Waals surface area contributed by atoms with Gasteiger partial charge in [0.2, 0.25) is 5.91 Å². The van der Waals surface area contributed by atoms with Crippen LogP contribution in [0.3, 0.4) is 0 Å². The van der Waals surface area contributed by atoms with Crippen LogP contribution >= 0.6 is 11.6 Å². The van der Waals surface area contributed by atoms with Gasteiger partial charge in [0.15, 0.2) is 0 Å². The summed E-state index contributed by atoms with van der Waals surface area (Å²) in [6.07, 6.45) is 0.603. The third-order valence-electron chi connectivity index (χ3n) is 2.51. The van der Waals surface area contributed by atoms with Gasteiger partial charge in [-0.15, -0.1) is 0 Å². The predicted molar refractivity (Wildman–Crippen MR) is 68.1 cm³/mol. The highest BCUT2D eigenvalue weighted by molar-refractivity contribution is 6.31. The Morgan fingerprint density at radius 1 is 1.59 bits per heavy atom. The Labute approximate surface area is 106 Å². The molecule has 0 aromatic heterocycles. The van der Waals surface area contributed by atoms with Gasteiger partial charge in [-0.25, -0.2) is 0 Å². The minimum absolute atomic E-state index is 0.186. The van der Waals surface area contributed by atoms with Crippen LogP contribution in [-0.4, -0.2) is 19.1 Å². The Balaban J connectivity index is 2.72. The molecule has 0 saturated carbocycles. The summed E-state index contributed by atoms with van der Waals surface area (Å²) in [4.78, 5) is 11.5. The Morgan fingerprint density at radius 3 is 2.88 bits per heavy atom. The number of hydrogen-bond donors (Lipinski definition) is 2.